The third kappa shape index (κ3) is 4.44. The molecule has 1 heterocycles. The van der Waals surface area contributed by atoms with Gasteiger partial charge in [0.2, 0.25) is 0 Å². The van der Waals surface area contributed by atoms with Crippen LogP contribution in [0.5, 0.6) is 0 Å². The van der Waals surface area contributed by atoms with Crippen LogP contribution in [-0.2, 0) is 0 Å². The largest absolute Gasteiger partial charge is 0.370 e. The average molecular weight is 223 g/mol. The quantitative estimate of drug-likeness (QED) is 0.679. The van der Waals surface area contributed by atoms with E-state index in [2.05, 4.69) is 20.6 Å². The molecule has 0 aliphatic carbocycles. The number of nitrogens with two attached hydrogens (primary N) is 1. The summed E-state index contributed by atoms with van der Waals surface area (Å²) in [5.74, 6) is 2.48. The molecule has 0 aromatic carbocycles. The lowest BCUT2D eigenvalue weighted by Gasteiger charge is -2.10. The Balaban J connectivity index is 2.58. The molecule has 0 amide bonds. The van der Waals surface area contributed by atoms with Crippen molar-refractivity contribution >= 4 is 11.6 Å². The van der Waals surface area contributed by atoms with Crippen molar-refractivity contribution in [1.29, 1.82) is 0 Å². The van der Waals surface area contributed by atoms with Crippen LogP contribution in [-0.4, -0.2) is 29.1 Å². The first-order valence-corrected chi connectivity index (χ1v) is 5.70. The number of nitrogens with one attached hydrogen (secondary N) is 2. The van der Waals surface area contributed by atoms with Gasteiger partial charge in [0.05, 0.1) is 0 Å². The van der Waals surface area contributed by atoms with Crippen molar-refractivity contribution < 1.29 is 0 Å². The molecule has 0 fully saturated rings. The van der Waals surface area contributed by atoms with Crippen LogP contribution < -0.4 is 16.4 Å². The Kier molecular flexibility index (Phi) is 4.98. The van der Waals surface area contributed by atoms with Crippen LogP contribution in [0.25, 0.3) is 0 Å². The number of aryl methyl sites for hydroxylation is 1. The smallest absolute Gasteiger partial charge is 0.131 e. The van der Waals surface area contributed by atoms with E-state index in [1.807, 2.05) is 26.8 Å². The molecule has 5 nitrogen and oxygen atoms in total. The molecule has 16 heavy (non-hydrogen) atoms. The van der Waals surface area contributed by atoms with E-state index in [4.69, 9.17) is 5.73 Å². The molecule has 0 spiro atoms. The first-order valence-electron chi connectivity index (χ1n) is 5.70. The van der Waals surface area contributed by atoms with E-state index in [1.54, 1.807) is 0 Å². The highest BCUT2D eigenvalue weighted by Crippen LogP contribution is 2.10. The molecule has 0 radical (unpaired) electrons. The monoisotopic (exact) mass is 223 g/mol. The van der Waals surface area contributed by atoms with Crippen molar-refractivity contribution in [3.8, 4) is 0 Å². The zero-order valence-electron chi connectivity index (χ0n) is 10.2. The van der Waals surface area contributed by atoms with E-state index < -0.39 is 0 Å². The Morgan fingerprint density at radius 3 is 2.50 bits per heavy atom. The lowest BCUT2D eigenvalue weighted by Crippen LogP contribution is -2.19. The number of hydrogen-bond acceptors (Lipinski definition) is 5. The third-order valence-corrected chi connectivity index (χ3v) is 2.10. The van der Waals surface area contributed by atoms with Gasteiger partial charge in [-0.05, 0) is 27.2 Å². The molecule has 4 N–H and O–H groups in total. The maximum absolute atomic E-state index is 5.68. The molecule has 0 saturated carbocycles. The van der Waals surface area contributed by atoms with Crippen molar-refractivity contribution in [2.24, 2.45) is 5.73 Å². The second kappa shape index (κ2) is 6.27. The molecular weight excluding hydrogens is 202 g/mol. The standard InChI is InChI=1S/C11H21N5/c1-4-13-10-7-11(16-9(3)15-10)14-6-5-8(2)12/h7-8H,4-6,12H2,1-3H3,(H2,13,14,15,16). The van der Waals surface area contributed by atoms with Gasteiger partial charge in [0, 0.05) is 25.2 Å². The molecule has 1 aromatic rings. The van der Waals surface area contributed by atoms with Gasteiger partial charge in [-0.2, -0.15) is 0 Å². The minimum atomic E-state index is 0.212. The molecule has 1 aromatic heterocycles. The summed E-state index contributed by atoms with van der Waals surface area (Å²) in [5.41, 5.74) is 5.68. The van der Waals surface area contributed by atoms with Crippen molar-refractivity contribution in [1.82, 2.24) is 9.97 Å². The molecule has 1 atom stereocenters. The van der Waals surface area contributed by atoms with E-state index in [-0.39, 0.29) is 6.04 Å². The van der Waals surface area contributed by atoms with Gasteiger partial charge in [-0.3, -0.25) is 0 Å². The maximum Gasteiger partial charge on any atom is 0.131 e. The van der Waals surface area contributed by atoms with Crippen molar-refractivity contribution in [2.75, 3.05) is 23.7 Å². The number of aromatic nitrogens is 2. The first-order chi connectivity index (χ1) is 7.61. The summed E-state index contributed by atoms with van der Waals surface area (Å²) in [6.45, 7) is 7.62. The molecule has 0 aliphatic heterocycles. The molecule has 0 saturated heterocycles. The highest BCUT2D eigenvalue weighted by Gasteiger charge is 2.01. The molecule has 0 aliphatic rings. The summed E-state index contributed by atoms with van der Waals surface area (Å²) in [4.78, 5) is 8.59. The number of hydrogen-bond donors (Lipinski definition) is 3. The van der Waals surface area contributed by atoms with Gasteiger partial charge in [-0.1, -0.05) is 0 Å². The van der Waals surface area contributed by atoms with Crippen molar-refractivity contribution in [2.45, 2.75) is 33.2 Å². The first kappa shape index (κ1) is 12.7. The van der Waals surface area contributed by atoms with E-state index >= 15 is 0 Å². The Labute approximate surface area is 96.9 Å². The third-order valence-electron chi connectivity index (χ3n) is 2.10. The van der Waals surface area contributed by atoms with Crippen LogP contribution in [0.1, 0.15) is 26.1 Å². The van der Waals surface area contributed by atoms with E-state index in [1.165, 1.54) is 0 Å². The topological polar surface area (TPSA) is 75.9 Å². The Bertz CT molecular complexity index is 324. The second-order valence-electron chi connectivity index (χ2n) is 3.91. The van der Waals surface area contributed by atoms with Gasteiger partial charge in [0.25, 0.3) is 0 Å². The molecular formula is C11H21N5. The lowest BCUT2D eigenvalue weighted by molar-refractivity contribution is 0.689. The van der Waals surface area contributed by atoms with E-state index in [0.717, 1.165) is 37.0 Å². The summed E-state index contributed by atoms with van der Waals surface area (Å²) in [5, 5.41) is 6.42. The highest BCUT2D eigenvalue weighted by atomic mass is 15.1. The number of nitrogens with zero attached hydrogens (tertiary/aromatic N) is 2. The van der Waals surface area contributed by atoms with Gasteiger partial charge >= 0.3 is 0 Å². The normalized spacial score (nSPS) is 12.2. The summed E-state index contributed by atoms with van der Waals surface area (Å²) in [7, 11) is 0. The van der Waals surface area contributed by atoms with Crippen LogP contribution >= 0.6 is 0 Å². The maximum atomic E-state index is 5.68. The molecule has 0 bridgehead atoms. The Hall–Kier alpha value is -1.36. The molecule has 5 heteroatoms. The fraction of sp³-hybridized carbons (Fsp3) is 0.636. The molecule has 90 valence electrons. The van der Waals surface area contributed by atoms with Gasteiger partial charge in [-0.15, -0.1) is 0 Å². The SMILES string of the molecule is CCNc1cc(NCCC(C)N)nc(C)n1. The molecule has 1 rings (SSSR count). The van der Waals surface area contributed by atoms with Crippen LogP contribution in [0.3, 0.4) is 0 Å². The highest BCUT2D eigenvalue weighted by molar-refractivity contribution is 5.47. The van der Waals surface area contributed by atoms with Crippen molar-refractivity contribution in [3.63, 3.8) is 0 Å². The van der Waals surface area contributed by atoms with Crippen LogP contribution in [0.2, 0.25) is 0 Å². The average Bonchev–Trinajstić information content (AvgIpc) is 2.16. The summed E-state index contributed by atoms with van der Waals surface area (Å²) < 4.78 is 0. The van der Waals surface area contributed by atoms with E-state index in [0.29, 0.717) is 0 Å². The zero-order chi connectivity index (χ0) is 12.0. The summed E-state index contributed by atoms with van der Waals surface area (Å²) in [6, 6.07) is 2.13. The Morgan fingerprint density at radius 2 is 1.94 bits per heavy atom. The zero-order valence-corrected chi connectivity index (χ0v) is 10.2. The Morgan fingerprint density at radius 1 is 1.31 bits per heavy atom. The van der Waals surface area contributed by atoms with Gasteiger partial charge < -0.3 is 16.4 Å². The van der Waals surface area contributed by atoms with Gasteiger partial charge in [0.15, 0.2) is 0 Å². The summed E-state index contributed by atoms with van der Waals surface area (Å²) in [6.07, 6.45) is 0.930. The van der Waals surface area contributed by atoms with E-state index in [9.17, 15) is 0 Å². The predicted octanol–water partition coefficient (Wildman–Crippen LogP) is 1.37. The lowest BCUT2D eigenvalue weighted by atomic mass is 10.2. The van der Waals surface area contributed by atoms with Crippen molar-refractivity contribution in [3.05, 3.63) is 11.9 Å². The van der Waals surface area contributed by atoms with Crippen LogP contribution in [0, 0.1) is 6.92 Å². The minimum absolute atomic E-state index is 0.212. The molecule has 1 unspecified atom stereocenters. The predicted molar refractivity (Wildman–Crippen MR) is 67.7 cm³/mol. The fourth-order valence-electron chi connectivity index (χ4n) is 1.36. The summed E-state index contributed by atoms with van der Waals surface area (Å²) >= 11 is 0. The van der Waals surface area contributed by atoms with Crippen LogP contribution in [0.4, 0.5) is 11.6 Å². The van der Waals surface area contributed by atoms with Gasteiger partial charge in [-0.25, -0.2) is 9.97 Å². The number of rotatable bonds is 6. The van der Waals surface area contributed by atoms with Gasteiger partial charge in [0.1, 0.15) is 17.5 Å². The second-order valence-corrected chi connectivity index (χ2v) is 3.91. The minimum Gasteiger partial charge on any atom is -0.370 e. The van der Waals surface area contributed by atoms with Crippen LogP contribution in [0.15, 0.2) is 6.07 Å². The fourth-order valence-corrected chi connectivity index (χ4v) is 1.36. The number of anilines is 2.